The van der Waals surface area contributed by atoms with Gasteiger partial charge in [0.2, 0.25) is 0 Å². The molecule has 0 aliphatic rings. The predicted octanol–water partition coefficient (Wildman–Crippen LogP) is 1.05. The van der Waals surface area contributed by atoms with E-state index in [4.69, 9.17) is 14.2 Å². The highest BCUT2D eigenvalue weighted by Crippen LogP contribution is 2.02. The third kappa shape index (κ3) is 7.73. The summed E-state index contributed by atoms with van der Waals surface area (Å²) < 4.78 is 15.8. The molecule has 0 aromatic carbocycles. The number of likely N-dealkylation sites (N-methyl/N-ethyl adjacent to an activating group) is 1. The molecule has 92 valence electrons. The Morgan fingerprint density at radius 3 is 2.33 bits per heavy atom. The first-order valence-electron chi connectivity index (χ1n) is 5.61. The highest BCUT2D eigenvalue weighted by atomic mass is 16.5. The van der Waals surface area contributed by atoms with E-state index in [2.05, 4.69) is 19.2 Å². The minimum absolute atomic E-state index is 0.228. The van der Waals surface area contributed by atoms with Crippen LogP contribution in [0.3, 0.4) is 0 Å². The van der Waals surface area contributed by atoms with Gasteiger partial charge in [-0.2, -0.15) is 0 Å². The van der Waals surface area contributed by atoms with Gasteiger partial charge in [0, 0.05) is 13.2 Å². The average molecular weight is 219 g/mol. The van der Waals surface area contributed by atoms with E-state index in [1.165, 1.54) is 0 Å². The molecule has 0 amide bonds. The Kier molecular flexibility index (Phi) is 10.3. The molecular formula is C11H25NO3. The van der Waals surface area contributed by atoms with Crippen LogP contribution in [0.15, 0.2) is 0 Å². The number of rotatable bonds is 10. The van der Waals surface area contributed by atoms with Gasteiger partial charge >= 0.3 is 0 Å². The monoisotopic (exact) mass is 219 g/mol. The van der Waals surface area contributed by atoms with Gasteiger partial charge in [-0.15, -0.1) is 0 Å². The summed E-state index contributed by atoms with van der Waals surface area (Å²) in [6.45, 7) is 6.79. The minimum Gasteiger partial charge on any atom is -0.382 e. The maximum Gasteiger partial charge on any atom is 0.0704 e. The number of hydrogen-bond acceptors (Lipinski definition) is 4. The Bertz CT molecular complexity index is 129. The van der Waals surface area contributed by atoms with Crippen LogP contribution < -0.4 is 5.32 Å². The highest BCUT2D eigenvalue weighted by molar-refractivity contribution is 4.69. The standard InChI is InChI=1S/C11H25NO3/c1-5-11(12-3)10(2)15-9-8-14-7-6-13-4/h10-12H,5-9H2,1-4H3. The Hall–Kier alpha value is -0.160. The van der Waals surface area contributed by atoms with Crippen molar-refractivity contribution in [3.8, 4) is 0 Å². The lowest BCUT2D eigenvalue weighted by molar-refractivity contribution is -0.0120. The fourth-order valence-electron chi connectivity index (χ4n) is 1.42. The summed E-state index contributed by atoms with van der Waals surface area (Å²) in [5.41, 5.74) is 0. The Balaban J connectivity index is 3.33. The molecule has 0 aliphatic carbocycles. The third-order valence-electron chi connectivity index (χ3n) is 2.42. The van der Waals surface area contributed by atoms with E-state index in [1.807, 2.05) is 7.05 Å². The topological polar surface area (TPSA) is 39.7 Å². The molecule has 15 heavy (non-hydrogen) atoms. The maximum atomic E-state index is 5.64. The van der Waals surface area contributed by atoms with E-state index in [0.717, 1.165) is 6.42 Å². The summed E-state index contributed by atoms with van der Waals surface area (Å²) in [5.74, 6) is 0. The van der Waals surface area contributed by atoms with Crippen molar-refractivity contribution in [2.45, 2.75) is 32.4 Å². The van der Waals surface area contributed by atoms with E-state index in [1.54, 1.807) is 7.11 Å². The maximum absolute atomic E-state index is 5.64. The van der Waals surface area contributed by atoms with Crippen LogP contribution in [-0.2, 0) is 14.2 Å². The lowest BCUT2D eigenvalue weighted by Crippen LogP contribution is -2.37. The quantitative estimate of drug-likeness (QED) is 0.558. The second-order valence-corrected chi connectivity index (χ2v) is 3.48. The number of hydrogen-bond donors (Lipinski definition) is 1. The molecule has 0 aliphatic heterocycles. The van der Waals surface area contributed by atoms with Crippen LogP contribution in [-0.4, -0.2) is 52.7 Å². The first-order valence-corrected chi connectivity index (χ1v) is 5.61. The molecule has 0 radical (unpaired) electrons. The lowest BCUT2D eigenvalue weighted by atomic mass is 10.1. The molecule has 4 heteroatoms. The van der Waals surface area contributed by atoms with Crippen molar-refractivity contribution in [1.82, 2.24) is 5.32 Å². The van der Waals surface area contributed by atoms with Crippen molar-refractivity contribution >= 4 is 0 Å². The second-order valence-electron chi connectivity index (χ2n) is 3.48. The first kappa shape index (κ1) is 14.8. The number of methoxy groups -OCH3 is 1. The van der Waals surface area contributed by atoms with Gasteiger partial charge in [-0.1, -0.05) is 6.92 Å². The lowest BCUT2D eigenvalue weighted by Gasteiger charge is -2.22. The third-order valence-corrected chi connectivity index (χ3v) is 2.42. The van der Waals surface area contributed by atoms with E-state index in [-0.39, 0.29) is 6.10 Å². The average Bonchev–Trinajstić information content (AvgIpc) is 2.25. The second kappa shape index (κ2) is 10.4. The van der Waals surface area contributed by atoms with Crippen LogP contribution in [0.2, 0.25) is 0 Å². The summed E-state index contributed by atoms with van der Waals surface area (Å²) >= 11 is 0. The zero-order chi connectivity index (χ0) is 11.5. The molecule has 0 fully saturated rings. The highest BCUT2D eigenvalue weighted by Gasteiger charge is 2.12. The molecule has 0 aromatic rings. The van der Waals surface area contributed by atoms with Gasteiger partial charge in [0.1, 0.15) is 0 Å². The van der Waals surface area contributed by atoms with Crippen LogP contribution in [0, 0.1) is 0 Å². The molecule has 0 saturated carbocycles. The van der Waals surface area contributed by atoms with Gasteiger partial charge in [0.15, 0.2) is 0 Å². The van der Waals surface area contributed by atoms with Crippen LogP contribution in [0.25, 0.3) is 0 Å². The van der Waals surface area contributed by atoms with Gasteiger partial charge in [0.25, 0.3) is 0 Å². The van der Waals surface area contributed by atoms with Crippen molar-refractivity contribution in [3.05, 3.63) is 0 Å². The smallest absolute Gasteiger partial charge is 0.0704 e. The Morgan fingerprint density at radius 2 is 1.80 bits per heavy atom. The van der Waals surface area contributed by atoms with Crippen molar-refractivity contribution in [3.63, 3.8) is 0 Å². The zero-order valence-corrected chi connectivity index (χ0v) is 10.4. The van der Waals surface area contributed by atoms with Gasteiger partial charge in [-0.05, 0) is 20.4 Å². The van der Waals surface area contributed by atoms with Crippen LogP contribution in [0.5, 0.6) is 0 Å². The summed E-state index contributed by atoms with van der Waals surface area (Å²) in [6.07, 6.45) is 1.30. The molecule has 2 unspecified atom stereocenters. The summed E-state index contributed by atoms with van der Waals surface area (Å²) in [6, 6.07) is 0.420. The molecule has 0 aromatic heterocycles. The molecular weight excluding hydrogens is 194 g/mol. The zero-order valence-electron chi connectivity index (χ0n) is 10.4. The van der Waals surface area contributed by atoms with Crippen molar-refractivity contribution < 1.29 is 14.2 Å². The van der Waals surface area contributed by atoms with Gasteiger partial charge in [0.05, 0.1) is 32.5 Å². The van der Waals surface area contributed by atoms with Gasteiger partial charge in [-0.3, -0.25) is 0 Å². The first-order chi connectivity index (χ1) is 7.26. The predicted molar refractivity (Wildman–Crippen MR) is 61.2 cm³/mol. The fraction of sp³-hybridized carbons (Fsp3) is 1.00. The SMILES string of the molecule is CCC(NC)C(C)OCCOCCOC. The molecule has 2 atom stereocenters. The van der Waals surface area contributed by atoms with E-state index in [0.29, 0.717) is 32.5 Å². The number of nitrogens with one attached hydrogen (secondary N) is 1. The largest absolute Gasteiger partial charge is 0.382 e. The van der Waals surface area contributed by atoms with Crippen molar-refractivity contribution in [2.75, 3.05) is 40.6 Å². The summed E-state index contributed by atoms with van der Waals surface area (Å²) in [7, 11) is 3.63. The van der Waals surface area contributed by atoms with Crippen molar-refractivity contribution in [2.24, 2.45) is 0 Å². The van der Waals surface area contributed by atoms with Gasteiger partial charge in [-0.25, -0.2) is 0 Å². The van der Waals surface area contributed by atoms with Crippen LogP contribution in [0.1, 0.15) is 20.3 Å². The van der Waals surface area contributed by atoms with Gasteiger partial charge < -0.3 is 19.5 Å². The number of ether oxygens (including phenoxy) is 3. The fourth-order valence-corrected chi connectivity index (χ4v) is 1.42. The molecule has 0 bridgehead atoms. The van der Waals surface area contributed by atoms with Crippen LogP contribution >= 0.6 is 0 Å². The van der Waals surface area contributed by atoms with Crippen LogP contribution in [0.4, 0.5) is 0 Å². The Morgan fingerprint density at radius 1 is 1.13 bits per heavy atom. The normalized spacial score (nSPS) is 15.2. The van der Waals surface area contributed by atoms with Crippen molar-refractivity contribution in [1.29, 1.82) is 0 Å². The van der Waals surface area contributed by atoms with E-state index >= 15 is 0 Å². The molecule has 0 rings (SSSR count). The summed E-state index contributed by atoms with van der Waals surface area (Å²) in [4.78, 5) is 0. The Labute approximate surface area is 93.3 Å². The molecule has 0 spiro atoms. The van der Waals surface area contributed by atoms with E-state index < -0.39 is 0 Å². The van der Waals surface area contributed by atoms with E-state index in [9.17, 15) is 0 Å². The summed E-state index contributed by atoms with van der Waals surface area (Å²) in [5, 5.41) is 3.23. The molecule has 0 heterocycles. The molecule has 4 nitrogen and oxygen atoms in total. The minimum atomic E-state index is 0.228. The molecule has 0 saturated heterocycles. The molecule has 1 N–H and O–H groups in total.